The highest BCUT2D eigenvalue weighted by molar-refractivity contribution is 5.75. The van der Waals surface area contributed by atoms with Crippen LogP contribution >= 0.6 is 0 Å². The third-order valence-corrected chi connectivity index (χ3v) is 3.25. The van der Waals surface area contributed by atoms with Gasteiger partial charge in [-0.3, -0.25) is 9.69 Å². The summed E-state index contributed by atoms with van der Waals surface area (Å²) >= 11 is 0. The molecule has 104 valence electrons. The van der Waals surface area contributed by atoms with Crippen molar-refractivity contribution in [2.24, 2.45) is 0 Å². The number of morpholine rings is 1. The van der Waals surface area contributed by atoms with E-state index in [2.05, 4.69) is 0 Å². The van der Waals surface area contributed by atoms with Crippen LogP contribution in [0.4, 0.5) is 4.39 Å². The highest BCUT2D eigenvalue weighted by Gasteiger charge is 2.34. The minimum Gasteiger partial charge on any atom is -0.480 e. The van der Waals surface area contributed by atoms with Gasteiger partial charge in [0.05, 0.1) is 12.2 Å². The van der Waals surface area contributed by atoms with Gasteiger partial charge in [-0.15, -0.1) is 0 Å². The van der Waals surface area contributed by atoms with E-state index in [1.165, 1.54) is 12.1 Å². The molecule has 4 nitrogen and oxygen atoms in total. The molecule has 1 N–H and O–H groups in total. The summed E-state index contributed by atoms with van der Waals surface area (Å²) < 4.78 is 19.4. The number of hydrogen-bond acceptors (Lipinski definition) is 3. The average molecular weight is 267 g/mol. The summed E-state index contributed by atoms with van der Waals surface area (Å²) in [5.74, 6) is -1.52. The van der Waals surface area contributed by atoms with Crippen molar-refractivity contribution in [1.29, 1.82) is 0 Å². The van der Waals surface area contributed by atoms with Gasteiger partial charge < -0.3 is 9.84 Å². The fourth-order valence-electron chi connectivity index (χ4n) is 2.61. The van der Waals surface area contributed by atoms with Crippen molar-refractivity contribution in [3.05, 3.63) is 35.6 Å². The molecule has 2 rings (SSSR count). The first-order valence-corrected chi connectivity index (χ1v) is 6.35. The van der Waals surface area contributed by atoms with Crippen LogP contribution < -0.4 is 0 Å². The zero-order valence-electron chi connectivity index (χ0n) is 11.0. The lowest BCUT2D eigenvalue weighted by Gasteiger charge is -2.38. The zero-order chi connectivity index (χ0) is 14.0. The molecule has 0 aliphatic carbocycles. The third kappa shape index (κ3) is 3.11. The number of carboxylic acid groups (broad SMARTS) is 1. The van der Waals surface area contributed by atoms with Crippen molar-refractivity contribution in [2.75, 3.05) is 13.1 Å². The van der Waals surface area contributed by atoms with Crippen LogP contribution in [-0.4, -0.2) is 41.3 Å². The Morgan fingerprint density at radius 1 is 1.37 bits per heavy atom. The minimum absolute atomic E-state index is 0.0580. The minimum atomic E-state index is -1.04. The molecule has 0 saturated carbocycles. The van der Waals surface area contributed by atoms with Gasteiger partial charge in [-0.1, -0.05) is 18.2 Å². The molecule has 1 aromatic rings. The number of carboxylic acids is 1. The maximum absolute atomic E-state index is 13.8. The van der Waals surface area contributed by atoms with Crippen LogP contribution in [0, 0.1) is 5.82 Å². The van der Waals surface area contributed by atoms with Gasteiger partial charge in [0.15, 0.2) is 0 Å². The van der Waals surface area contributed by atoms with Crippen molar-refractivity contribution in [3.8, 4) is 0 Å². The molecule has 0 bridgehead atoms. The molecule has 1 aliphatic heterocycles. The van der Waals surface area contributed by atoms with Crippen LogP contribution in [0.2, 0.25) is 0 Å². The van der Waals surface area contributed by atoms with Crippen LogP contribution in [-0.2, 0) is 9.53 Å². The number of aliphatic carboxylic acids is 1. The van der Waals surface area contributed by atoms with Crippen molar-refractivity contribution in [3.63, 3.8) is 0 Å². The van der Waals surface area contributed by atoms with Crippen molar-refractivity contribution < 1.29 is 19.0 Å². The molecule has 3 unspecified atom stereocenters. The summed E-state index contributed by atoms with van der Waals surface area (Å²) in [7, 11) is 0. The van der Waals surface area contributed by atoms with Crippen LogP contribution in [0.3, 0.4) is 0 Å². The first-order chi connectivity index (χ1) is 8.99. The summed E-state index contributed by atoms with van der Waals surface area (Å²) in [4.78, 5) is 13.3. The Bertz CT molecular complexity index is 456. The fraction of sp³-hybridized carbons (Fsp3) is 0.500. The van der Waals surface area contributed by atoms with E-state index in [1.54, 1.807) is 17.0 Å². The van der Waals surface area contributed by atoms with Crippen LogP contribution in [0.5, 0.6) is 0 Å². The monoisotopic (exact) mass is 267 g/mol. The number of rotatable bonds is 3. The van der Waals surface area contributed by atoms with Gasteiger partial charge in [0, 0.05) is 18.7 Å². The molecule has 1 saturated heterocycles. The Morgan fingerprint density at radius 3 is 2.47 bits per heavy atom. The van der Waals surface area contributed by atoms with Crippen molar-refractivity contribution in [2.45, 2.75) is 32.1 Å². The summed E-state index contributed by atoms with van der Waals surface area (Å²) in [6.45, 7) is 4.75. The quantitative estimate of drug-likeness (QED) is 0.910. The smallest absolute Gasteiger partial charge is 0.325 e. The first-order valence-electron chi connectivity index (χ1n) is 6.35. The molecule has 0 radical (unpaired) electrons. The number of halogens is 1. The second-order valence-corrected chi connectivity index (χ2v) is 4.97. The second kappa shape index (κ2) is 5.67. The summed E-state index contributed by atoms with van der Waals surface area (Å²) in [6.07, 6.45) is -0.116. The van der Waals surface area contributed by atoms with E-state index in [4.69, 9.17) is 4.74 Å². The Labute approximate surface area is 111 Å². The normalized spacial score (nSPS) is 26.1. The van der Waals surface area contributed by atoms with Gasteiger partial charge in [0.1, 0.15) is 11.9 Å². The lowest BCUT2D eigenvalue weighted by atomic mass is 10.0. The van der Waals surface area contributed by atoms with E-state index >= 15 is 0 Å². The summed E-state index contributed by atoms with van der Waals surface area (Å²) in [5.41, 5.74) is 0.205. The SMILES string of the molecule is CC1CN(C(C(=O)O)c2ccccc2F)CC(C)O1. The molecule has 19 heavy (non-hydrogen) atoms. The van der Waals surface area contributed by atoms with Gasteiger partial charge in [-0.2, -0.15) is 0 Å². The Morgan fingerprint density at radius 2 is 1.95 bits per heavy atom. The van der Waals surface area contributed by atoms with Gasteiger partial charge in [-0.25, -0.2) is 4.39 Å². The van der Waals surface area contributed by atoms with E-state index < -0.39 is 17.8 Å². The predicted octanol–water partition coefficient (Wildman–Crippen LogP) is 2.06. The highest BCUT2D eigenvalue weighted by Crippen LogP contribution is 2.27. The van der Waals surface area contributed by atoms with E-state index in [9.17, 15) is 14.3 Å². The molecular weight excluding hydrogens is 249 g/mol. The fourth-order valence-corrected chi connectivity index (χ4v) is 2.61. The summed E-state index contributed by atoms with van der Waals surface area (Å²) in [5, 5.41) is 9.43. The largest absolute Gasteiger partial charge is 0.480 e. The van der Waals surface area contributed by atoms with Gasteiger partial charge in [0.2, 0.25) is 0 Å². The molecule has 3 atom stereocenters. The molecule has 0 spiro atoms. The molecule has 0 aromatic heterocycles. The highest BCUT2D eigenvalue weighted by atomic mass is 19.1. The number of hydrogen-bond donors (Lipinski definition) is 1. The first kappa shape index (κ1) is 14.0. The zero-order valence-corrected chi connectivity index (χ0v) is 11.0. The number of ether oxygens (including phenoxy) is 1. The molecule has 1 aliphatic rings. The number of carbonyl (C=O) groups is 1. The number of benzene rings is 1. The van der Waals surface area contributed by atoms with Crippen LogP contribution in [0.1, 0.15) is 25.5 Å². The van der Waals surface area contributed by atoms with Gasteiger partial charge >= 0.3 is 5.97 Å². The maximum atomic E-state index is 13.8. The lowest BCUT2D eigenvalue weighted by Crippen LogP contribution is -2.49. The average Bonchev–Trinajstić information content (AvgIpc) is 2.30. The third-order valence-electron chi connectivity index (χ3n) is 3.25. The standard InChI is InChI=1S/C14H18FNO3/c1-9-7-16(8-10(2)19-9)13(14(17)18)11-5-3-4-6-12(11)15/h3-6,9-10,13H,7-8H2,1-2H3,(H,17,18). The second-order valence-electron chi connectivity index (χ2n) is 4.97. The Balaban J connectivity index is 2.31. The van der Waals surface area contributed by atoms with E-state index in [0.717, 1.165) is 0 Å². The van der Waals surface area contributed by atoms with Gasteiger partial charge in [0.25, 0.3) is 0 Å². The van der Waals surface area contributed by atoms with Crippen molar-refractivity contribution in [1.82, 2.24) is 4.90 Å². The molecule has 5 heteroatoms. The maximum Gasteiger partial charge on any atom is 0.325 e. The van der Waals surface area contributed by atoms with Crippen LogP contribution in [0.25, 0.3) is 0 Å². The van der Waals surface area contributed by atoms with E-state index in [1.807, 2.05) is 13.8 Å². The molecular formula is C14H18FNO3. The van der Waals surface area contributed by atoms with E-state index in [-0.39, 0.29) is 17.8 Å². The van der Waals surface area contributed by atoms with Crippen LogP contribution in [0.15, 0.2) is 24.3 Å². The van der Waals surface area contributed by atoms with Gasteiger partial charge in [-0.05, 0) is 19.9 Å². The number of nitrogens with zero attached hydrogens (tertiary/aromatic N) is 1. The van der Waals surface area contributed by atoms with E-state index in [0.29, 0.717) is 13.1 Å². The van der Waals surface area contributed by atoms with Crippen molar-refractivity contribution >= 4 is 5.97 Å². The predicted molar refractivity (Wildman–Crippen MR) is 68.4 cm³/mol. The molecule has 1 fully saturated rings. The lowest BCUT2D eigenvalue weighted by molar-refractivity contribution is -0.149. The Hall–Kier alpha value is -1.46. The molecule has 1 heterocycles. The topological polar surface area (TPSA) is 49.8 Å². The molecule has 0 amide bonds. The molecule has 1 aromatic carbocycles. The summed E-state index contributed by atoms with van der Waals surface area (Å²) in [6, 6.07) is 5.07. The Kier molecular flexibility index (Phi) is 4.17.